The Morgan fingerprint density at radius 3 is 3.00 bits per heavy atom. The van der Waals surface area contributed by atoms with Crippen LogP contribution in [0, 0.1) is 0 Å². The van der Waals surface area contributed by atoms with Gasteiger partial charge in [0.05, 0.1) is 10.7 Å². The van der Waals surface area contributed by atoms with Gasteiger partial charge in [-0.1, -0.05) is 28.9 Å². The molecule has 0 amide bonds. The van der Waals surface area contributed by atoms with E-state index in [-0.39, 0.29) is 0 Å². The Kier molecular flexibility index (Phi) is 2.73. The van der Waals surface area contributed by atoms with Gasteiger partial charge >= 0.3 is 0 Å². The van der Waals surface area contributed by atoms with E-state index in [0.717, 1.165) is 35.6 Å². The largest absolute Gasteiger partial charge is 0.399 e. The third-order valence-corrected chi connectivity index (χ3v) is 2.76. The second-order valence-electron chi connectivity index (χ2n) is 3.35. The van der Waals surface area contributed by atoms with Gasteiger partial charge in [0, 0.05) is 5.56 Å². The summed E-state index contributed by atoms with van der Waals surface area (Å²) in [5.74, 6) is 0. The zero-order valence-corrected chi connectivity index (χ0v) is 8.84. The molecule has 2 nitrogen and oxygen atoms in total. The summed E-state index contributed by atoms with van der Waals surface area (Å²) in [6, 6.07) is 5.99. The van der Waals surface area contributed by atoms with Gasteiger partial charge in [0.1, 0.15) is 7.11 Å². The molecule has 0 aromatic heterocycles. The molecule has 14 heavy (non-hydrogen) atoms. The smallest absolute Gasteiger partial charge is 0.106 e. The molecule has 1 aliphatic carbocycles. The van der Waals surface area contributed by atoms with Crippen LogP contribution in [0.1, 0.15) is 24.0 Å². The summed E-state index contributed by atoms with van der Waals surface area (Å²) in [7, 11) is 1.57. The maximum absolute atomic E-state index is 6.14. The van der Waals surface area contributed by atoms with Crippen molar-refractivity contribution in [1.29, 1.82) is 0 Å². The molecule has 0 saturated carbocycles. The molecule has 0 spiro atoms. The van der Waals surface area contributed by atoms with Crippen molar-refractivity contribution in [2.75, 3.05) is 7.11 Å². The number of aryl methyl sites for hydroxylation is 1. The minimum absolute atomic E-state index is 0.776. The van der Waals surface area contributed by atoms with E-state index in [2.05, 4.69) is 11.2 Å². The number of halogens is 1. The number of benzene rings is 1. The second-order valence-corrected chi connectivity index (χ2v) is 3.76. The first kappa shape index (κ1) is 9.53. The Balaban J connectivity index is 2.52. The number of hydrogen-bond donors (Lipinski definition) is 0. The van der Waals surface area contributed by atoms with Crippen molar-refractivity contribution < 1.29 is 4.84 Å². The predicted octanol–water partition coefficient (Wildman–Crippen LogP) is 3.03. The lowest BCUT2D eigenvalue weighted by Gasteiger charge is -2.18. The summed E-state index contributed by atoms with van der Waals surface area (Å²) < 4.78 is 0. The van der Waals surface area contributed by atoms with Gasteiger partial charge in [-0.05, 0) is 30.9 Å². The SMILES string of the molecule is CON=C1CCCc2cccc(Cl)c21. The van der Waals surface area contributed by atoms with Gasteiger partial charge in [-0.3, -0.25) is 0 Å². The highest BCUT2D eigenvalue weighted by atomic mass is 35.5. The third-order valence-electron chi connectivity index (χ3n) is 2.45. The molecule has 3 heteroatoms. The summed E-state index contributed by atoms with van der Waals surface area (Å²) in [4.78, 5) is 4.82. The van der Waals surface area contributed by atoms with Crippen molar-refractivity contribution in [3.8, 4) is 0 Å². The van der Waals surface area contributed by atoms with Crippen LogP contribution in [0.2, 0.25) is 5.02 Å². The lowest BCUT2D eigenvalue weighted by atomic mass is 9.90. The number of oxime groups is 1. The van der Waals surface area contributed by atoms with Gasteiger partial charge < -0.3 is 4.84 Å². The van der Waals surface area contributed by atoms with Crippen molar-refractivity contribution >= 4 is 17.3 Å². The van der Waals surface area contributed by atoms with E-state index in [1.807, 2.05) is 12.1 Å². The quantitative estimate of drug-likeness (QED) is 0.652. The average Bonchev–Trinajstić information content (AvgIpc) is 2.19. The first-order valence-electron chi connectivity index (χ1n) is 4.70. The summed E-state index contributed by atoms with van der Waals surface area (Å²) in [5, 5.41) is 4.79. The van der Waals surface area contributed by atoms with Crippen molar-refractivity contribution in [2.24, 2.45) is 5.16 Å². The minimum atomic E-state index is 0.776. The highest BCUT2D eigenvalue weighted by Crippen LogP contribution is 2.28. The van der Waals surface area contributed by atoms with Crippen LogP contribution in [0.3, 0.4) is 0 Å². The maximum atomic E-state index is 6.14. The molecular weight excluding hydrogens is 198 g/mol. The Bertz CT molecular complexity index is 374. The summed E-state index contributed by atoms with van der Waals surface area (Å²) in [6.07, 6.45) is 3.15. The molecule has 74 valence electrons. The molecule has 0 N–H and O–H groups in total. The zero-order chi connectivity index (χ0) is 9.97. The van der Waals surface area contributed by atoms with Crippen LogP contribution in [0.4, 0.5) is 0 Å². The molecule has 1 aliphatic rings. The number of nitrogens with zero attached hydrogens (tertiary/aromatic N) is 1. The van der Waals surface area contributed by atoms with E-state index in [0.29, 0.717) is 0 Å². The molecular formula is C11H12ClNO. The molecule has 1 aromatic rings. The normalized spacial score (nSPS) is 18.0. The Hall–Kier alpha value is -1.02. The summed E-state index contributed by atoms with van der Waals surface area (Å²) >= 11 is 6.14. The molecule has 2 rings (SSSR count). The fraction of sp³-hybridized carbons (Fsp3) is 0.364. The van der Waals surface area contributed by atoms with E-state index in [9.17, 15) is 0 Å². The van der Waals surface area contributed by atoms with Gasteiger partial charge in [0.15, 0.2) is 0 Å². The van der Waals surface area contributed by atoms with E-state index in [1.54, 1.807) is 7.11 Å². The number of fused-ring (bicyclic) bond motifs is 1. The minimum Gasteiger partial charge on any atom is -0.399 e. The highest BCUT2D eigenvalue weighted by Gasteiger charge is 2.18. The zero-order valence-electron chi connectivity index (χ0n) is 8.09. The first-order valence-corrected chi connectivity index (χ1v) is 5.08. The van der Waals surface area contributed by atoms with Gasteiger partial charge in [-0.2, -0.15) is 0 Å². The van der Waals surface area contributed by atoms with Crippen molar-refractivity contribution in [2.45, 2.75) is 19.3 Å². The number of hydrogen-bond acceptors (Lipinski definition) is 2. The first-order chi connectivity index (χ1) is 6.83. The molecule has 0 radical (unpaired) electrons. The van der Waals surface area contributed by atoms with Gasteiger partial charge in [-0.25, -0.2) is 0 Å². The predicted molar refractivity (Wildman–Crippen MR) is 57.9 cm³/mol. The molecule has 0 heterocycles. The van der Waals surface area contributed by atoms with E-state index in [1.165, 1.54) is 5.56 Å². The highest BCUT2D eigenvalue weighted by molar-refractivity contribution is 6.34. The molecule has 0 atom stereocenters. The van der Waals surface area contributed by atoms with Crippen molar-refractivity contribution in [1.82, 2.24) is 0 Å². The van der Waals surface area contributed by atoms with Crippen molar-refractivity contribution in [3.05, 3.63) is 34.3 Å². The van der Waals surface area contributed by atoms with E-state index >= 15 is 0 Å². The summed E-state index contributed by atoms with van der Waals surface area (Å²) in [5.41, 5.74) is 3.32. The van der Waals surface area contributed by atoms with Gasteiger partial charge in [0.25, 0.3) is 0 Å². The van der Waals surface area contributed by atoms with Gasteiger partial charge in [0.2, 0.25) is 0 Å². The molecule has 0 unspecified atom stereocenters. The average molecular weight is 210 g/mol. The Morgan fingerprint density at radius 2 is 2.21 bits per heavy atom. The monoisotopic (exact) mass is 209 g/mol. The molecule has 0 aliphatic heterocycles. The molecule has 0 saturated heterocycles. The van der Waals surface area contributed by atoms with Crippen LogP contribution < -0.4 is 0 Å². The van der Waals surface area contributed by atoms with E-state index < -0.39 is 0 Å². The Labute approximate surface area is 88.5 Å². The van der Waals surface area contributed by atoms with Crippen molar-refractivity contribution in [3.63, 3.8) is 0 Å². The molecule has 0 bridgehead atoms. The fourth-order valence-corrected chi connectivity index (χ4v) is 2.18. The van der Waals surface area contributed by atoms with Crippen LogP contribution in [-0.4, -0.2) is 12.8 Å². The van der Waals surface area contributed by atoms with Gasteiger partial charge in [-0.15, -0.1) is 0 Å². The topological polar surface area (TPSA) is 21.6 Å². The third kappa shape index (κ3) is 1.62. The van der Waals surface area contributed by atoms with E-state index in [4.69, 9.17) is 16.4 Å². The summed E-state index contributed by atoms with van der Waals surface area (Å²) in [6.45, 7) is 0. The second kappa shape index (κ2) is 4.01. The van der Waals surface area contributed by atoms with Crippen LogP contribution in [-0.2, 0) is 11.3 Å². The fourth-order valence-electron chi connectivity index (χ4n) is 1.87. The maximum Gasteiger partial charge on any atom is 0.106 e. The lowest BCUT2D eigenvalue weighted by molar-refractivity contribution is 0.212. The molecule has 0 fully saturated rings. The molecule has 1 aromatic carbocycles. The van der Waals surface area contributed by atoms with Crippen LogP contribution in [0.5, 0.6) is 0 Å². The van der Waals surface area contributed by atoms with Crippen LogP contribution in [0.25, 0.3) is 0 Å². The Morgan fingerprint density at radius 1 is 1.36 bits per heavy atom. The number of rotatable bonds is 1. The lowest BCUT2D eigenvalue weighted by Crippen LogP contribution is -2.12. The van der Waals surface area contributed by atoms with Crippen LogP contribution in [0.15, 0.2) is 23.4 Å². The standard InChI is InChI=1S/C11H12ClNO/c1-14-13-10-7-3-5-8-4-2-6-9(12)11(8)10/h2,4,6H,3,5,7H2,1H3. The van der Waals surface area contributed by atoms with Crippen LogP contribution >= 0.6 is 11.6 Å².